The summed E-state index contributed by atoms with van der Waals surface area (Å²) in [7, 11) is 0. The molecule has 2 heteroatoms. The Labute approximate surface area is 328 Å². The number of nitrogens with zero attached hydrogens (tertiary/aromatic N) is 2. The number of anilines is 6. The Hall–Kier alpha value is -6.90. The molecule has 54 heavy (non-hydrogen) atoms. The SMILES string of the molecule is [2H]C([2H])=C([2H])c1ccc(N(c2ccc(-c3ccccc3)cc2)c2ccc(-c3ccc(N(c4ccc(-c5ccccc5)cc4)c4ccc5c(c4)C([2H])([2H])C5([2H])[2H])cc3)cc2)cc1. The van der Waals surface area contributed by atoms with E-state index in [1.54, 1.807) is 24.3 Å². The maximum atomic E-state index is 8.51. The molecule has 1 aliphatic carbocycles. The molecular formula is C52H40N2. The third-order valence-electron chi connectivity index (χ3n) is 9.91. The van der Waals surface area contributed by atoms with Gasteiger partial charge in [-0.25, -0.2) is 0 Å². The van der Waals surface area contributed by atoms with Crippen molar-refractivity contribution in [2.75, 3.05) is 9.80 Å². The molecule has 0 bridgehead atoms. The summed E-state index contributed by atoms with van der Waals surface area (Å²) >= 11 is 0. The summed E-state index contributed by atoms with van der Waals surface area (Å²) in [4.78, 5) is 4.22. The quantitative estimate of drug-likeness (QED) is 0.140. The van der Waals surface area contributed by atoms with Crippen LogP contribution in [0.2, 0.25) is 0 Å². The Bertz CT molecular complexity index is 2840. The van der Waals surface area contributed by atoms with E-state index in [-0.39, 0.29) is 6.05 Å². The third kappa shape index (κ3) is 6.62. The van der Waals surface area contributed by atoms with Crippen LogP contribution < -0.4 is 9.80 Å². The van der Waals surface area contributed by atoms with Gasteiger partial charge in [0.2, 0.25) is 0 Å². The van der Waals surface area contributed by atoms with Crippen molar-refractivity contribution in [2.45, 2.75) is 12.7 Å². The van der Waals surface area contributed by atoms with Crippen molar-refractivity contribution in [3.05, 3.63) is 223 Å². The number of benzene rings is 8. The lowest BCUT2D eigenvalue weighted by Gasteiger charge is -2.29. The van der Waals surface area contributed by atoms with Crippen molar-refractivity contribution in [2.24, 2.45) is 0 Å². The lowest BCUT2D eigenvalue weighted by atomic mass is 9.88. The van der Waals surface area contributed by atoms with Crippen molar-refractivity contribution in [1.29, 1.82) is 0 Å². The molecule has 1 aliphatic rings. The molecule has 0 saturated carbocycles. The van der Waals surface area contributed by atoms with Gasteiger partial charge in [-0.2, -0.15) is 0 Å². The van der Waals surface area contributed by atoms with E-state index in [4.69, 9.17) is 9.60 Å². The fourth-order valence-corrected chi connectivity index (χ4v) is 7.02. The zero-order valence-electron chi connectivity index (χ0n) is 36.4. The standard InChI is InChI=1S/C52H40N2/c1-2-38-13-26-47(27-14-38)53(48-28-17-41(18-29-48)39-9-5-3-6-10-39)49-30-21-43(22-31-49)44-23-34-51(35-24-44)54(52-36-25-45-15-16-46(45)37-52)50-32-19-42(20-33-50)40-11-7-4-8-12-40/h2-14,17-37H,1,15-16H2/i1D2,2D,15D2,16D2. The first-order valence-corrected chi connectivity index (χ1v) is 18.0. The zero-order chi connectivity index (χ0) is 42.3. The zero-order valence-corrected chi connectivity index (χ0v) is 29.4. The van der Waals surface area contributed by atoms with Crippen molar-refractivity contribution >= 4 is 40.2 Å². The summed E-state index contributed by atoms with van der Waals surface area (Å²) in [5.41, 5.74) is 12.9. The number of hydrogen-bond donors (Lipinski definition) is 0. The van der Waals surface area contributed by atoms with Crippen LogP contribution in [0.5, 0.6) is 0 Å². The van der Waals surface area contributed by atoms with Gasteiger partial charge in [0.15, 0.2) is 0 Å². The van der Waals surface area contributed by atoms with Gasteiger partial charge in [-0.05, 0) is 136 Å². The van der Waals surface area contributed by atoms with Crippen LogP contribution in [0.3, 0.4) is 0 Å². The average molecular weight is 700 g/mol. The summed E-state index contributed by atoms with van der Waals surface area (Å²) < 4.78 is 57.1. The van der Waals surface area contributed by atoms with Crippen LogP contribution in [-0.2, 0) is 12.7 Å². The molecular weight excluding hydrogens is 653 g/mol. The predicted octanol–water partition coefficient (Wildman–Crippen LogP) is 14.4. The van der Waals surface area contributed by atoms with Gasteiger partial charge in [-0.3, -0.25) is 0 Å². The molecule has 8 aromatic carbocycles. The van der Waals surface area contributed by atoms with Gasteiger partial charge in [0.25, 0.3) is 0 Å². The molecule has 0 spiro atoms. The fourth-order valence-electron chi connectivity index (χ4n) is 7.02. The molecule has 0 amide bonds. The minimum absolute atomic E-state index is 0.131. The Morgan fingerprint density at radius 3 is 1.13 bits per heavy atom. The van der Waals surface area contributed by atoms with Crippen LogP contribution >= 0.6 is 0 Å². The second-order valence-corrected chi connectivity index (χ2v) is 13.2. The largest absolute Gasteiger partial charge is 0.311 e. The molecule has 0 unspecified atom stereocenters. The number of fused-ring (bicyclic) bond motifs is 1. The second-order valence-electron chi connectivity index (χ2n) is 13.2. The van der Waals surface area contributed by atoms with Crippen LogP contribution in [0.1, 0.15) is 26.3 Å². The maximum absolute atomic E-state index is 8.51. The van der Waals surface area contributed by atoms with E-state index in [0.717, 1.165) is 67.5 Å². The fraction of sp³-hybridized carbons (Fsp3) is 0.0385. The Balaban J connectivity index is 1.04. The smallest absolute Gasteiger partial charge is 0.0623 e. The molecule has 0 saturated heterocycles. The normalized spacial score (nSPS) is 15.3. The third-order valence-corrected chi connectivity index (χ3v) is 9.91. The maximum Gasteiger partial charge on any atom is 0.0623 e. The van der Waals surface area contributed by atoms with E-state index >= 15 is 0 Å². The summed E-state index contributed by atoms with van der Waals surface area (Å²) in [5, 5.41) is 0. The van der Waals surface area contributed by atoms with E-state index in [1.165, 1.54) is 0 Å². The van der Waals surface area contributed by atoms with Gasteiger partial charge >= 0.3 is 0 Å². The van der Waals surface area contributed by atoms with Crippen LogP contribution in [-0.4, -0.2) is 0 Å². The first-order chi connectivity index (χ1) is 29.5. The first-order valence-electron chi connectivity index (χ1n) is 21.5. The minimum Gasteiger partial charge on any atom is -0.311 e. The van der Waals surface area contributed by atoms with Crippen LogP contribution in [0.4, 0.5) is 34.1 Å². The second kappa shape index (κ2) is 14.6. The number of aryl methyl sites for hydroxylation is 2. The number of rotatable bonds is 10. The molecule has 0 aliphatic heterocycles. The molecule has 9 rings (SSSR count). The molecule has 0 heterocycles. The summed E-state index contributed by atoms with van der Waals surface area (Å²) in [6.45, 7) is -0.530. The van der Waals surface area contributed by atoms with Gasteiger partial charge in [0.1, 0.15) is 0 Å². The van der Waals surface area contributed by atoms with E-state index in [2.05, 4.69) is 131 Å². The Morgan fingerprint density at radius 1 is 0.389 bits per heavy atom. The van der Waals surface area contributed by atoms with Gasteiger partial charge < -0.3 is 9.80 Å². The molecule has 2 nitrogen and oxygen atoms in total. The summed E-state index contributed by atoms with van der Waals surface area (Å²) in [6.07, 6.45) is -4.15. The highest BCUT2D eigenvalue weighted by Crippen LogP contribution is 2.40. The number of hydrogen-bond acceptors (Lipinski definition) is 2. The van der Waals surface area contributed by atoms with Gasteiger partial charge in [0.05, 0.1) is 4.11 Å². The van der Waals surface area contributed by atoms with E-state index < -0.39 is 19.3 Å². The molecule has 0 N–H and O–H groups in total. The summed E-state index contributed by atoms with van der Waals surface area (Å²) in [5.74, 6) is 0. The summed E-state index contributed by atoms with van der Waals surface area (Å²) in [6, 6.07) is 66.3. The first kappa shape index (κ1) is 26.0. The minimum atomic E-state index is -2.10. The topological polar surface area (TPSA) is 6.48 Å². The Kier molecular flexibility index (Phi) is 7.02. The molecule has 8 aromatic rings. The van der Waals surface area contributed by atoms with E-state index in [9.17, 15) is 0 Å². The van der Waals surface area contributed by atoms with E-state index in [0.29, 0.717) is 16.7 Å². The molecule has 0 fully saturated rings. The molecule has 0 atom stereocenters. The lowest BCUT2D eigenvalue weighted by Crippen LogP contribution is -2.13. The molecule has 258 valence electrons. The predicted molar refractivity (Wildman–Crippen MR) is 230 cm³/mol. The van der Waals surface area contributed by atoms with Crippen molar-refractivity contribution in [3.63, 3.8) is 0 Å². The lowest BCUT2D eigenvalue weighted by molar-refractivity contribution is 0.839. The highest BCUT2D eigenvalue weighted by atomic mass is 15.1. The van der Waals surface area contributed by atoms with Crippen LogP contribution in [0, 0.1) is 0 Å². The van der Waals surface area contributed by atoms with Gasteiger partial charge in [-0.1, -0.05) is 140 Å². The van der Waals surface area contributed by atoms with Crippen molar-refractivity contribution in [3.8, 4) is 33.4 Å². The van der Waals surface area contributed by atoms with Gasteiger partial charge in [0, 0.05) is 39.6 Å². The van der Waals surface area contributed by atoms with E-state index in [1.807, 2.05) is 54.6 Å². The van der Waals surface area contributed by atoms with Crippen LogP contribution in [0.15, 0.2) is 207 Å². The van der Waals surface area contributed by atoms with Crippen LogP contribution in [0.25, 0.3) is 39.4 Å². The average Bonchev–Trinajstić information content (AvgIpc) is 3.30. The molecule has 0 aromatic heterocycles. The highest BCUT2D eigenvalue weighted by molar-refractivity contribution is 5.83. The Morgan fingerprint density at radius 2 is 0.722 bits per heavy atom. The van der Waals surface area contributed by atoms with Crippen molar-refractivity contribution < 1.29 is 9.60 Å². The molecule has 0 radical (unpaired) electrons. The van der Waals surface area contributed by atoms with Gasteiger partial charge in [-0.15, -0.1) is 0 Å². The monoisotopic (exact) mass is 699 g/mol. The highest BCUT2D eigenvalue weighted by Gasteiger charge is 2.19. The van der Waals surface area contributed by atoms with Crippen molar-refractivity contribution in [1.82, 2.24) is 0 Å².